The quantitative estimate of drug-likeness (QED) is 0.601. The Morgan fingerprint density at radius 2 is 1.43 bits per heavy atom. The number of aliphatic hydroxyl groups is 1. The number of aliphatic hydroxyl groups excluding tert-OH is 1. The third kappa shape index (κ3) is 305. The first-order valence-electron chi connectivity index (χ1n) is 3.80. The number of methoxy groups -OCH3 is 1. The lowest BCUT2D eigenvalue weighted by Crippen LogP contribution is -2.07. The highest BCUT2D eigenvalue weighted by atomic mass is 16.5. The summed E-state index contributed by atoms with van der Waals surface area (Å²) in [4.78, 5) is 18.0. The lowest BCUT2D eigenvalue weighted by Gasteiger charge is -1.97. The van der Waals surface area contributed by atoms with Crippen LogP contribution in [0.25, 0.3) is 0 Å². The number of aliphatic carboxylic acids is 2. The predicted molar refractivity (Wildman–Crippen MR) is 50.2 cm³/mol. The maximum atomic E-state index is 9.00. The molecule has 0 saturated heterocycles. The van der Waals surface area contributed by atoms with Crippen LogP contribution in [0.2, 0.25) is 0 Å². The van der Waals surface area contributed by atoms with Crippen LogP contribution in [-0.2, 0) is 14.3 Å². The zero-order chi connectivity index (χ0) is 12.1. The fraction of sp³-hybridized carbons (Fsp3) is 0.750. The molecule has 0 aliphatic carbocycles. The van der Waals surface area contributed by atoms with E-state index in [9.17, 15) is 0 Å². The maximum absolute atomic E-state index is 9.00. The van der Waals surface area contributed by atoms with E-state index in [-0.39, 0.29) is 6.10 Å². The number of ether oxygens (including phenoxy) is 1. The molecule has 0 aliphatic rings. The molecular weight excluding hydrogens is 192 g/mol. The van der Waals surface area contributed by atoms with E-state index in [0.717, 1.165) is 13.8 Å². The van der Waals surface area contributed by atoms with Gasteiger partial charge in [-0.3, -0.25) is 9.59 Å². The second-order valence-corrected chi connectivity index (χ2v) is 2.34. The number of carboxylic acid groups (broad SMARTS) is 2. The van der Waals surface area contributed by atoms with Gasteiger partial charge in [0.05, 0.1) is 12.7 Å². The van der Waals surface area contributed by atoms with Crippen molar-refractivity contribution in [3.8, 4) is 0 Å². The molecule has 1 atom stereocenters. The van der Waals surface area contributed by atoms with E-state index in [1.54, 1.807) is 14.0 Å². The van der Waals surface area contributed by atoms with Gasteiger partial charge in [-0.2, -0.15) is 0 Å². The number of carbonyl (C=O) groups is 2. The van der Waals surface area contributed by atoms with Crippen LogP contribution < -0.4 is 0 Å². The Morgan fingerprint density at radius 3 is 1.43 bits per heavy atom. The van der Waals surface area contributed by atoms with Crippen molar-refractivity contribution in [3.05, 3.63) is 0 Å². The Balaban J connectivity index is -0.000000135. The Morgan fingerprint density at radius 1 is 1.21 bits per heavy atom. The molecule has 3 N–H and O–H groups in total. The van der Waals surface area contributed by atoms with Gasteiger partial charge in [0, 0.05) is 21.0 Å². The maximum Gasteiger partial charge on any atom is 0.300 e. The molecule has 1 unspecified atom stereocenters. The summed E-state index contributed by atoms with van der Waals surface area (Å²) in [7, 11) is 1.56. The molecular formula is C8H18O6. The number of rotatable bonds is 2. The number of carboxylic acids is 2. The van der Waals surface area contributed by atoms with Crippen molar-refractivity contribution in [2.24, 2.45) is 0 Å². The van der Waals surface area contributed by atoms with Gasteiger partial charge in [-0.15, -0.1) is 0 Å². The number of hydrogen-bond acceptors (Lipinski definition) is 4. The van der Waals surface area contributed by atoms with E-state index < -0.39 is 11.9 Å². The summed E-state index contributed by atoms with van der Waals surface area (Å²) in [5, 5.41) is 23.3. The van der Waals surface area contributed by atoms with Gasteiger partial charge < -0.3 is 20.1 Å². The predicted octanol–water partition coefficient (Wildman–Crippen LogP) is 0.195. The summed E-state index contributed by atoms with van der Waals surface area (Å²) in [6.45, 7) is 4.28. The van der Waals surface area contributed by atoms with Crippen LogP contribution in [0.1, 0.15) is 20.8 Å². The first-order valence-corrected chi connectivity index (χ1v) is 3.80. The van der Waals surface area contributed by atoms with Gasteiger partial charge in [-0.05, 0) is 6.92 Å². The molecule has 0 radical (unpaired) electrons. The molecule has 0 aromatic rings. The molecule has 0 rings (SSSR count). The fourth-order valence-corrected chi connectivity index (χ4v) is 0.241. The van der Waals surface area contributed by atoms with Crippen LogP contribution in [0.15, 0.2) is 0 Å². The first kappa shape index (κ1) is 18.6. The topological polar surface area (TPSA) is 104 Å². The normalized spacial score (nSPS) is 9.79. The van der Waals surface area contributed by atoms with Gasteiger partial charge >= 0.3 is 0 Å². The third-order valence-electron chi connectivity index (χ3n) is 0.408. The van der Waals surface area contributed by atoms with Gasteiger partial charge in [0.25, 0.3) is 11.9 Å². The van der Waals surface area contributed by atoms with Crippen LogP contribution in [0.3, 0.4) is 0 Å². The molecule has 0 bridgehead atoms. The van der Waals surface area contributed by atoms with Crippen molar-refractivity contribution < 1.29 is 29.6 Å². The SMILES string of the molecule is CC(=O)O.CC(=O)O.COCC(C)O. The van der Waals surface area contributed by atoms with Crippen molar-refractivity contribution in [2.45, 2.75) is 26.9 Å². The average Bonchev–Trinajstić information content (AvgIpc) is 1.82. The lowest BCUT2D eigenvalue weighted by atomic mass is 10.5. The third-order valence-corrected chi connectivity index (χ3v) is 0.408. The van der Waals surface area contributed by atoms with Gasteiger partial charge in [0.15, 0.2) is 0 Å². The summed E-state index contributed by atoms with van der Waals surface area (Å²) in [6, 6.07) is 0. The second kappa shape index (κ2) is 14.4. The fourth-order valence-electron chi connectivity index (χ4n) is 0.241. The van der Waals surface area contributed by atoms with Gasteiger partial charge in [-0.25, -0.2) is 0 Å². The van der Waals surface area contributed by atoms with Gasteiger partial charge in [0.2, 0.25) is 0 Å². The van der Waals surface area contributed by atoms with Crippen molar-refractivity contribution >= 4 is 11.9 Å². The zero-order valence-electron chi connectivity index (χ0n) is 8.85. The summed E-state index contributed by atoms with van der Waals surface area (Å²) >= 11 is 0. The van der Waals surface area contributed by atoms with Crippen molar-refractivity contribution in [3.63, 3.8) is 0 Å². The van der Waals surface area contributed by atoms with E-state index in [2.05, 4.69) is 4.74 Å². The lowest BCUT2D eigenvalue weighted by molar-refractivity contribution is -0.135. The smallest absolute Gasteiger partial charge is 0.300 e. The van der Waals surface area contributed by atoms with Gasteiger partial charge in [-0.1, -0.05) is 0 Å². The Kier molecular flexibility index (Phi) is 19.1. The molecule has 0 aliphatic heterocycles. The molecule has 6 heteroatoms. The second-order valence-electron chi connectivity index (χ2n) is 2.34. The van der Waals surface area contributed by atoms with E-state index in [1.165, 1.54) is 0 Å². The molecule has 0 saturated carbocycles. The van der Waals surface area contributed by atoms with Gasteiger partial charge in [0.1, 0.15) is 0 Å². The first-order chi connectivity index (χ1) is 6.23. The zero-order valence-corrected chi connectivity index (χ0v) is 8.85. The molecule has 14 heavy (non-hydrogen) atoms. The number of hydrogen-bond donors (Lipinski definition) is 3. The van der Waals surface area contributed by atoms with E-state index in [1.807, 2.05) is 0 Å². The van der Waals surface area contributed by atoms with Crippen LogP contribution in [0.4, 0.5) is 0 Å². The summed E-state index contributed by atoms with van der Waals surface area (Å²) in [6.07, 6.45) is -0.324. The average molecular weight is 210 g/mol. The molecule has 86 valence electrons. The molecule has 6 nitrogen and oxygen atoms in total. The molecule has 0 spiro atoms. The Labute approximate surface area is 83.1 Å². The van der Waals surface area contributed by atoms with Crippen LogP contribution in [-0.4, -0.2) is 47.1 Å². The van der Waals surface area contributed by atoms with Crippen LogP contribution >= 0.6 is 0 Å². The Hall–Kier alpha value is -1.14. The van der Waals surface area contributed by atoms with E-state index >= 15 is 0 Å². The van der Waals surface area contributed by atoms with Crippen molar-refractivity contribution in [1.29, 1.82) is 0 Å². The Bertz CT molecular complexity index is 123. The highest BCUT2D eigenvalue weighted by Gasteiger charge is 1.87. The minimum absolute atomic E-state index is 0.324. The van der Waals surface area contributed by atoms with Crippen LogP contribution in [0, 0.1) is 0 Å². The largest absolute Gasteiger partial charge is 0.481 e. The molecule has 0 aromatic heterocycles. The molecule has 0 fully saturated rings. The van der Waals surface area contributed by atoms with Crippen LogP contribution in [0.5, 0.6) is 0 Å². The van der Waals surface area contributed by atoms with Crippen molar-refractivity contribution in [2.75, 3.05) is 13.7 Å². The molecule has 0 amide bonds. The van der Waals surface area contributed by atoms with E-state index in [0.29, 0.717) is 6.61 Å². The summed E-state index contributed by atoms with van der Waals surface area (Å²) in [5.74, 6) is -1.67. The minimum Gasteiger partial charge on any atom is -0.481 e. The highest BCUT2D eigenvalue weighted by Crippen LogP contribution is 1.75. The monoisotopic (exact) mass is 210 g/mol. The van der Waals surface area contributed by atoms with E-state index in [4.69, 9.17) is 24.9 Å². The standard InChI is InChI=1S/C4H10O2.2C2H4O2/c1-4(5)3-6-2;2*1-2(3)4/h4-5H,3H2,1-2H3;2*1H3,(H,3,4). The highest BCUT2D eigenvalue weighted by molar-refractivity contribution is 5.63. The molecule has 0 heterocycles. The minimum atomic E-state index is -0.833. The summed E-state index contributed by atoms with van der Waals surface area (Å²) in [5.41, 5.74) is 0. The molecule has 0 aromatic carbocycles. The summed E-state index contributed by atoms with van der Waals surface area (Å²) < 4.78 is 4.55. The van der Waals surface area contributed by atoms with Crippen molar-refractivity contribution in [1.82, 2.24) is 0 Å².